The maximum Gasteiger partial charge on any atom is 0.250 e. The maximum absolute atomic E-state index is 12.9. The number of amides is 1. The third-order valence-corrected chi connectivity index (χ3v) is 5.70. The number of hydrogen-bond acceptors (Lipinski definition) is 6. The third-order valence-electron chi connectivity index (χ3n) is 4.17. The standard InChI is InChI=1S/C17H21BrN6OS/c1-3-22(4-2)7-8-24(16(25)10-23-12-19-11-20-23)17-21-14-6-5-13(18)9-15(14)26-17/h5-6,9,11-12H,3-4,7-8,10H2,1-2H3. The van der Waals surface area contributed by atoms with Crippen molar-refractivity contribution in [1.82, 2.24) is 24.6 Å². The highest BCUT2D eigenvalue weighted by atomic mass is 79.9. The number of likely N-dealkylation sites (N-methyl/N-ethyl adjacent to an activating group) is 1. The van der Waals surface area contributed by atoms with Crippen molar-refractivity contribution in [3.63, 3.8) is 0 Å². The van der Waals surface area contributed by atoms with Crippen LogP contribution in [0.15, 0.2) is 35.3 Å². The van der Waals surface area contributed by atoms with Gasteiger partial charge in [-0.25, -0.2) is 14.6 Å². The Labute approximate surface area is 164 Å². The van der Waals surface area contributed by atoms with Crippen LogP contribution in [0.2, 0.25) is 0 Å². The summed E-state index contributed by atoms with van der Waals surface area (Å²) >= 11 is 5.02. The number of anilines is 1. The Morgan fingerprint density at radius 1 is 1.27 bits per heavy atom. The van der Waals surface area contributed by atoms with Crippen LogP contribution >= 0.6 is 27.3 Å². The van der Waals surface area contributed by atoms with Crippen LogP contribution in [0.1, 0.15) is 13.8 Å². The van der Waals surface area contributed by atoms with Crippen LogP contribution in [-0.4, -0.2) is 56.7 Å². The Kier molecular flexibility index (Phi) is 6.33. The quantitative estimate of drug-likeness (QED) is 0.542. The molecular formula is C17H21BrN6OS. The molecule has 7 nitrogen and oxygen atoms in total. The Balaban J connectivity index is 1.85. The smallest absolute Gasteiger partial charge is 0.250 e. The van der Waals surface area contributed by atoms with Gasteiger partial charge < -0.3 is 4.90 Å². The van der Waals surface area contributed by atoms with Gasteiger partial charge in [-0.05, 0) is 31.3 Å². The highest BCUT2D eigenvalue weighted by Gasteiger charge is 2.21. The molecule has 9 heteroatoms. The molecule has 0 aliphatic rings. The van der Waals surface area contributed by atoms with Crippen molar-refractivity contribution >= 4 is 48.5 Å². The van der Waals surface area contributed by atoms with Gasteiger partial charge in [0.15, 0.2) is 5.13 Å². The number of nitrogens with zero attached hydrogens (tertiary/aromatic N) is 6. The van der Waals surface area contributed by atoms with E-state index >= 15 is 0 Å². The molecule has 3 aromatic rings. The lowest BCUT2D eigenvalue weighted by atomic mass is 10.3. The summed E-state index contributed by atoms with van der Waals surface area (Å²) in [5.41, 5.74) is 0.898. The lowest BCUT2D eigenvalue weighted by Crippen LogP contribution is -2.40. The summed E-state index contributed by atoms with van der Waals surface area (Å²) < 4.78 is 3.59. The molecule has 2 aromatic heterocycles. The van der Waals surface area contributed by atoms with E-state index in [1.165, 1.54) is 22.3 Å². The molecule has 0 bridgehead atoms. The molecule has 0 saturated heterocycles. The van der Waals surface area contributed by atoms with Crippen molar-refractivity contribution < 1.29 is 4.79 Å². The summed E-state index contributed by atoms with van der Waals surface area (Å²) in [6.45, 7) is 7.70. The third kappa shape index (κ3) is 4.46. The predicted octanol–water partition coefficient (Wildman–Crippen LogP) is 3.03. The Hall–Kier alpha value is -1.84. The van der Waals surface area contributed by atoms with Gasteiger partial charge in [-0.2, -0.15) is 5.10 Å². The van der Waals surface area contributed by atoms with Gasteiger partial charge in [-0.1, -0.05) is 41.1 Å². The van der Waals surface area contributed by atoms with Gasteiger partial charge in [0, 0.05) is 17.6 Å². The molecule has 1 amide bonds. The molecule has 0 atom stereocenters. The fraction of sp³-hybridized carbons (Fsp3) is 0.412. The summed E-state index contributed by atoms with van der Waals surface area (Å²) in [6.07, 6.45) is 2.98. The number of carbonyl (C=O) groups is 1. The second-order valence-electron chi connectivity index (χ2n) is 5.77. The topological polar surface area (TPSA) is 67.2 Å². The minimum atomic E-state index is -0.0409. The molecule has 0 saturated carbocycles. The highest BCUT2D eigenvalue weighted by molar-refractivity contribution is 9.10. The molecule has 26 heavy (non-hydrogen) atoms. The fourth-order valence-corrected chi connectivity index (χ4v) is 4.21. The zero-order valence-electron chi connectivity index (χ0n) is 14.8. The second kappa shape index (κ2) is 8.70. The lowest BCUT2D eigenvalue weighted by molar-refractivity contribution is -0.119. The largest absolute Gasteiger partial charge is 0.302 e. The number of carbonyl (C=O) groups excluding carboxylic acids is 1. The first-order chi connectivity index (χ1) is 12.6. The van der Waals surface area contributed by atoms with Crippen LogP contribution in [-0.2, 0) is 11.3 Å². The zero-order chi connectivity index (χ0) is 18.5. The van der Waals surface area contributed by atoms with E-state index in [-0.39, 0.29) is 12.5 Å². The minimum Gasteiger partial charge on any atom is -0.302 e. The molecule has 0 radical (unpaired) electrons. The summed E-state index contributed by atoms with van der Waals surface area (Å²) in [7, 11) is 0. The van der Waals surface area contributed by atoms with Gasteiger partial charge in [-0.15, -0.1) is 0 Å². The summed E-state index contributed by atoms with van der Waals surface area (Å²) in [4.78, 5) is 25.6. The molecule has 0 fully saturated rings. The molecule has 3 rings (SSSR count). The lowest BCUT2D eigenvalue weighted by Gasteiger charge is -2.24. The van der Waals surface area contributed by atoms with Crippen molar-refractivity contribution in [2.24, 2.45) is 0 Å². The number of thiazole rings is 1. The van der Waals surface area contributed by atoms with Gasteiger partial charge in [0.05, 0.1) is 10.2 Å². The number of rotatable bonds is 8. The fourth-order valence-electron chi connectivity index (χ4n) is 2.65. The van der Waals surface area contributed by atoms with Crippen LogP contribution in [0.3, 0.4) is 0 Å². The summed E-state index contributed by atoms with van der Waals surface area (Å²) in [5.74, 6) is -0.0409. The van der Waals surface area contributed by atoms with Gasteiger partial charge in [0.25, 0.3) is 5.91 Å². The monoisotopic (exact) mass is 436 g/mol. The molecule has 1 aromatic carbocycles. The molecule has 0 N–H and O–H groups in total. The second-order valence-corrected chi connectivity index (χ2v) is 7.70. The molecular weight excluding hydrogens is 416 g/mol. The molecule has 2 heterocycles. The normalized spacial score (nSPS) is 11.4. The van der Waals surface area contributed by atoms with Crippen molar-refractivity contribution in [2.45, 2.75) is 20.4 Å². The van der Waals surface area contributed by atoms with Gasteiger partial charge in [0.2, 0.25) is 0 Å². The first-order valence-electron chi connectivity index (χ1n) is 8.52. The Morgan fingerprint density at radius 3 is 2.77 bits per heavy atom. The van der Waals surface area contributed by atoms with Crippen LogP contribution < -0.4 is 4.90 Å². The average molecular weight is 437 g/mol. The Bertz CT molecular complexity index is 861. The van der Waals surface area contributed by atoms with Crippen molar-refractivity contribution in [3.05, 3.63) is 35.3 Å². The van der Waals surface area contributed by atoms with Crippen LogP contribution in [0, 0.1) is 0 Å². The minimum absolute atomic E-state index is 0.0409. The van der Waals surface area contributed by atoms with Crippen LogP contribution in [0.4, 0.5) is 5.13 Å². The number of aromatic nitrogens is 4. The predicted molar refractivity (Wildman–Crippen MR) is 107 cm³/mol. The van der Waals surface area contributed by atoms with E-state index < -0.39 is 0 Å². The van der Waals surface area contributed by atoms with Crippen molar-refractivity contribution in [2.75, 3.05) is 31.1 Å². The number of benzene rings is 1. The molecule has 0 spiro atoms. The van der Waals surface area contributed by atoms with Gasteiger partial charge in [0.1, 0.15) is 19.2 Å². The van der Waals surface area contributed by atoms with Crippen molar-refractivity contribution in [3.8, 4) is 0 Å². The first kappa shape index (κ1) is 18.9. The molecule has 0 unspecified atom stereocenters. The maximum atomic E-state index is 12.9. The van der Waals surface area contributed by atoms with Gasteiger partial charge >= 0.3 is 0 Å². The van der Waals surface area contributed by atoms with E-state index in [0.29, 0.717) is 6.54 Å². The van der Waals surface area contributed by atoms with E-state index in [1.807, 2.05) is 18.2 Å². The van der Waals surface area contributed by atoms with Crippen LogP contribution in [0.5, 0.6) is 0 Å². The summed E-state index contributed by atoms with van der Waals surface area (Å²) in [6, 6.07) is 5.95. The van der Waals surface area contributed by atoms with Crippen molar-refractivity contribution in [1.29, 1.82) is 0 Å². The van der Waals surface area contributed by atoms with E-state index in [2.05, 4.69) is 49.7 Å². The highest BCUT2D eigenvalue weighted by Crippen LogP contribution is 2.31. The van der Waals surface area contributed by atoms with E-state index in [4.69, 9.17) is 0 Å². The number of fused-ring (bicyclic) bond motifs is 1. The van der Waals surface area contributed by atoms with Gasteiger partial charge in [-0.3, -0.25) is 9.69 Å². The Morgan fingerprint density at radius 2 is 2.08 bits per heavy atom. The first-order valence-corrected chi connectivity index (χ1v) is 10.1. The van der Waals surface area contributed by atoms with E-state index in [0.717, 1.165) is 39.5 Å². The molecule has 138 valence electrons. The summed E-state index contributed by atoms with van der Waals surface area (Å²) in [5, 5.41) is 4.76. The van der Waals surface area contributed by atoms with Crippen LogP contribution in [0.25, 0.3) is 10.2 Å². The van der Waals surface area contributed by atoms with E-state index in [9.17, 15) is 4.79 Å². The zero-order valence-corrected chi connectivity index (χ0v) is 17.2. The number of hydrogen-bond donors (Lipinski definition) is 0. The average Bonchev–Trinajstić information content (AvgIpc) is 3.27. The SMILES string of the molecule is CCN(CC)CCN(C(=O)Cn1cncn1)c1nc2ccc(Br)cc2s1. The molecule has 0 aliphatic carbocycles. The molecule has 0 aliphatic heterocycles. The number of halogens is 1. The van der Waals surface area contributed by atoms with E-state index in [1.54, 1.807) is 11.2 Å².